The summed E-state index contributed by atoms with van der Waals surface area (Å²) in [6.45, 7) is 1.86. The molecule has 0 aromatic carbocycles. The molecule has 3 heterocycles. The Labute approximate surface area is 198 Å². The van der Waals surface area contributed by atoms with Crippen molar-refractivity contribution in [2.45, 2.75) is 63.8 Å². The van der Waals surface area contributed by atoms with Gasteiger partial charge in [0.2, 0.25) is 0 Å². The molecular weight excluding hydrogens is 536 g/mol. The highest BCUT2D eigenvalue weighted by atomic mass is 79.9. The van der Waals surface area contributed by atoms with Crippen molar-refractivity contribution in [1.29, 1.82) is 0 Å². The fourth-order valence-corrected chi connectivity index (χ4v) is 4.03. The van der Waals surface area contributed by atoms with Gasteiger partial charge in [0, 0.05) is 12.8 Å². The summed E-state index contributed by atoms with van der Waals surface area (Å²) < 4.78 is 28.5. The first kappa shape index (κ1) is 24.1. The van der Waals surface area contributed by atoms with Crippen molar-refractivity contribution >= 4 is 43.8 Å². The molecule has 0 amide bonds. The smallest absolute Gasteiger partial charge is 0.308 e. The molecule has 0 radical (unpaired) electrons. The number of esters is 2. The number of furan rings is 2. The van der Waals surface area contributed by atoms with Gasteiger partial charge in [-0.05, 0) is 81.8 Å². The Balaban J connectivity index is 1.46. The number of carbonyl (C=O) groups excluding carboxylic acids is 2. The van der Waals surface area contributed by atoms with Crippen molar-refractivity contribution in [1.82, 2.24) is 0 Å². The van der Waals surface area contributed by atoms with Gasteiger partial charge in [0.05, 0.1) is 19.1 Å². The first-order valence-electron chi connectivity index (χ1n) is 10.3. The van der Waals surface area contributed by atoms with E-state index in [0.717, 1.165) is 12.2 Å². The number of ether oxygens (including phenoxy) is 3. The van der Waals surface area contributed by atoms with Crippen molar-refractivity contribution in [2.24, 2.45) is 5.92 Å². The Morgan fingerprint density at radius 2 is 1.84 bits per heavy atom. The monoisotopic (exact) mass is 560 g/mol. The topological polar surface area (TPSA) is 91.4 Å². The van der Waals surface area contributed by atoms with Gasteiger partial charge in [0.15, 0.2) is 9.34 Å². The summed E-state index contributed by atoms with van der Waals surface area (Å²) in [5.41, 5.74) is 0. The minimum absolute atomic E-state index is 0.0435. The van der Waals surface area contributed by atoms with Crippen LogP contribution in [0.15, 0.2) is 42.4 Å². The predicted octanol–water partition coefficient (Wildman–Crippen LogP) is 5.75. The SMILES string of the molecule is COC(=O)CCCC(Cc1ccc(Br)o1)OC(=O)C(C)CCC1OC1c1ccc(Br)o1. The standard InChI is InChI=1S/C22H26Br2O7/c1-13(6-8-17-21(31-17)16-9-11-19(24)30-16)22(26)29-14(4-3-5-20(25)27-2)12-15-7-10-18(23)28-15/h7,9-11,13-14,17,21H,3-6,8,12H2,1-2H3. The van der Waals surface area contributed by atoms with Crippen LogP contribution < -0.4 is 0 Å². The summed E-state index contributed by atoms with van der Waals surface area (Å²) in [5.74, 6) is 0.713. The van der Waals surface area contributed by atoms with Crippen LogP contribution in [0.2, 0.25) is 0 Å². The average molecular weight is 562 g/mol. The quantitative estimate of drug-likeness (QED) is 0.240. The lowest BCUT2D eigenvalue weighted by molar-refractivity contribution is -0.154. The van der Waals surface area contributed by atoms with Gasteiger partial charge in [-0.3, -0.25) is 9.59 Å². The number of rotatable bonds is 12. The van der Waals surface area contributed by atoms with E-state index in [4.69, 9.17) is 18.3 Å². The van der Waals surface area contributed by atoms with Gasteiger partial charge in [-0.25, -0.2) is 0 Å². The molecule has 1 aliphatic heterocycles. The van der Waals surface area contributed by atoms with E-state index in [2.05, 4.69) is 36.6 Å². The van der Waals surface area contributed by atoms with Gasteiger partial charge in [0.25, 0.3) is 0 Å². The Morgan fingerprint density at radius 3 is 2.48 bits per heavy atom. The lowest BCUT2D eigenvalue weighted by Gasteiger charge is -2.19. The third kappa shape index (κ3) is 7.50. The average Bonchev–Trinajstić information content (AvgIpc) is 3.20. The first-order valence-corrected chi connectivity index (χ1v) is 11.9. The summed E-state index contributed by atoms with van der Waals surface area (Å²) >= 11 is 6.57. The molecule has 1 saturated heterocycles. The van der Waals surface area contributed by atoms with Gasteiger partial charge >= 0.3 is 11.9 Å². The van der Waals surface area contributed by atoms with Gasteiger partial charge in [-0.2, -0.15) is 0 Å². The number of hydrogen-bond donors (Lipinski definition) is 0. The van der Waals surface area contributed by atoms with Crippen LogP contribution in [0.25, 0.3) is 0 Å². The number of hydrogen-bond acceptors (Lipinski definition) is 7. The van der Waals surface area contributed by atoms with E-state index in [-0.39, 0.29) is 42.6 Å². The van der Waals surface area contributed by atoms with Crippen molar-refractivity contribution in [3.05, 3.63) is 45.1 Å². The molecule has 170 valence electrons. The molecule has 2 aromatic heterocycles. The highest BCUT2D eigenvalue weighted by Gasteiger charge is 2.42. The fourth-order valence-electron chi connectivity index (χ4n) is 3.37. The maximum atomic E-state index is 12.7. The minimum Gasteiger partial charge on any atom is -0.469 e. The van der Waals surface area contributed by atoms with E-state index < -0.39 is 0 Å². The summed E-state index contributed by atoms with van der Waals surface area (Å²) in [6, 6.07) is 7.37. The molecule has 9 heteroatoms. The maximum Gasteiger partial charge on any atom is 0.308 e. The second kappa shape index (κ2) is 11.3. The third-order valence-electron chi connectivity index (χ3n) is 5.22. The number of epoxide rings is 1. The first-order chi connectivity index (χ1) is 14.9. The Kier molecular flexibility index (Phi) is 8.80. The lowest BCUT2D eigenvalue weighted by atomic mass is 10.0. The Bertz CT molecular complexity index is 875. The fraction of sp³-hybridized carbons (Fsp3) is 0.545. The molecule has 0 aliphatic carbocycles. The van der Waals surface area contributed by atoms with Crippen molar-refractivity contribution in [2.75, 3.05) is 7.11 Å². The van der Waals surface area contributed by atoms with Crippen LogP contribution in [0.5, 0.6) is 0 Å². The van der Waals surface area contributed by atoms with Crippen LogP contribution in [0.4, 0.5) is 0 Å². The second-order valence-corrected chi connectivity index (χ2v) is 9.22. The summed E-state index contributed by atoms with van der Waals surface area (Å²) in [6.07, 6.45) is 2.90. The molecule has 0 N–H and O–H groups in total. The van der Waals surface area contributed by atoms with Gasteiger partial charge in [-0.1, -0.05) is 6.92 Å². The van der Waals surface area contributed by atoms with Gasteiger partial charge < -0.3 is 23.0 Å². The van der Waals surface area contributed by atoms with E-state index in [1.165, 1.54) is 7.11 Å². The normalized spacial score (nSPS) is 19.6. The van der Waals surface area contributed by atoms with E-state index in [9.17, 15) is 9.59 Å². The van der Waals surface area contributed by atoms with Crippen LogP contribution in [0.3, 0.4) is 0 Å². The molecule has 1 aliphatic rings. The summed E-state index contributed by atoms with van der Waals surface area (Å²) in [7, 11) is 1.36. The minimum atomic E-state index is -0.372. The molecule has 0 saturated carbocycles. The number of halogens is 2. The molecule has 0 spiro atoms. The van der Waals surface area contributed by atoms with Crippen LogP contribution in [0, 0.1) is 5.92 Å². The largest absolute Gasteiger partial charge is 0.469 e. The third-order valence-corrected chi connectivity index (χ3v) is 6.07. The van der Waals surface area contributed by atoms with E-state index in [1.807, 2.05) is 25.1 Å². The van der Waals surface area contributed by atoms with Crippen molar-refractivity contribution < 1.29 is 32.6 Å². The Hall–Kier alpha value is -1.58. The molecular formula is C22H26Br2O7. The molecule has 1 fully saturated rings. The molecule has 2 aromatic rings. The van der Waals surface area contributed by atoms with E-state index in [0.29, 0.717) is 40.8 Å². The lowest BCUT2D eigenvalue weighted by Crippen LogP contribution is -2.25. The molecule has 3 rings (SSSR count). The highest BCUT2D eigenvalue weighted by Crippen LogP contribution is 2.43. The van der Waals surface area contributed by atoms with Crippen LogP contribution in [0.1, 0.15) is 56.7 Å². The zero-order valence-corrected chi connectivity index (χ0v) is 20.6. The van der Waals surface area contributed by atoms with Gasteiger partial charge in [-0.15, -0.1) is 0 Å². The molecule has 31 heavy (non-hydrogen) atoms. The van der Waals surface area contributed by atoms with Crippen LogP contribution in [-0.2, 0) is 30.2 Å². The zero-order chi connectivity index (χ0) is 22.4. The predicted molar refractivity (Wildman–Crippen MR) is 118 cm³/mol. The van der Waals surface area contributed by atoms with Crippen LogP contribution in [-0.4, -0.2) is 31.3 Å². The molecule has 0 bridgehead atoms. The van der Waals surface area contributed by atoms with E-state index in [1.54, 1.807) is 6.07 Å². The summed E-state index contributed by atoms with van der Waals surface area (Å²) in [5, 5.41) is 0. The van der Waals surface area contributed by atoms with E-state index >= 15 is 0 Å². The summed E-state index contributed by atoms with van der Waals surface area (Å²) in [4.78, 5) is 24.1. The van der Waals surface area contributed by atoms with Gasteiger partial charge in [0.1, 0.15) is 23.7 Å². The molecule has 4 unspecified atom stereocenters. The second-order valence-electron chi connectivity index (χ2n) is 7.65. The molecule has 4 atom stereocenters. The van der Waals surface area contributed by atoms with Crippen molar-refractivity contribution in [3.63, 3.8) is 0 Å². The number of methoxy groups -OCH3 is 1. The molecule has 7 nitrogen and oxygen atoms in total. The van der Waals surface area contributed by atoms with Crippen molar-refractivity contribution in [3.8, 4) is 0 Å². The maximum absolute atomic E-state index is 12.7. The number of carbonyl (C=O) groups is 2. The van der Waals surface area contributed by atoms with Crippen LogP contribution >= 0.6 is 31.9 Å². The Morgan fingerprint density at radius 1 is 1.10 bits per heavy atom. The zero-order valence-electron chi connectivity index (χ0n) is 17.5. The highest BCUT2D eigenvalue weighted by molar-refractivity contribution is 9.10.